The van der Waals surface area contributed by atoms with Crippen LogP contribution in [0.15, 0.2) is 35.1 Å². The van der Waals surface area contributed by atoms with Gasteiger partial charge in [0.1, 0.15) is 0 Å². The smallest absolute Gasteiger partial charge is 0.324 e. The Balaban J connectivity index is 1.80. The van der Waals surface area contributed by atoms with Gasteiger partial charge >= 0.3 is 5.69 Å². The van der Waals surface area contributed by atoms with Crippen LogP contribution in [0.4, 0.5) is 5.69 Å². The van der Waals surface area contributed by atoms with Gasteiger partial charge in [-0.15, -0.1) is 0 Å². The van der Waals surface area contributed by atoms with Crippen LogP contribution in [0.3, 0.4) is 0 Å². The zero-order valence-corrected chi connectivity index (χ0v) is 16.4. The van der Waals surface area contributed by atoms with Gasteiger partial charge in [0.05, 0.1) is 22.4 Å². The molecule has 6 nitrogen and oxygen atoms in total. The highest BCUT2D eigenvalue weighted by Crippen LogP contribution is 2.19. The Morgan fingerprint density at radius 3 is 2.30 bits per heavy atom. The first kappa shape index (κ1) is 18.9. The van der Waals surface area contributed by atoms with E-state index in [2.05, 4.69) is 10.3 Å². The van der Waals surface area contributed by atoms with Crippen molar-refractivity contribution in [2.24, 2.45) is 0 Å². The first-order valence-corrected chi connectivity index (χ1v) is 9.35. The van der Waals surface area contributed by atoms with Crippen molar-refractivity contribution < 1.29 is 4.79 Å². The van der Waals surface area contributed by atoms with Crippen LogP contribution in [0.5, 0.6) is 0 Å². The Labute approximate surface area is 158 Å². The zero-order valence-electron chi connectivity index (χ0n) is 16.4. The molecule has 0 radical (unpaired) electrons. The molecule has 2 heterocycles. The van der Waals surface area contributed by atoms with Gasteiger partial charge in [-0.05, 0) is 51.0 Å². The third-order valence-corrected chi connectivity index (χ3v) is 4.72. The van der Waals surface area contributed by atoms with Crippen LogP contribution in [0.25, 0.3) is 11.0 Å². The summed E-state index contributed by atoms with van der Waals surface area (Å²) >= 11 is 0. The molecule has 1 aromatic carbocycles. The van der Waals surface area contributed by atoms with Gasteiger partial charge in [-0.25, -0.2) is 4.79 Å². The predicted octanol–water partition coefficient (Wildman–Crippen LogP) is 3.56. The first-order valence-electron chi connectivity index (χ1n) is 9.35. The number of carbonyl (C=O) groups excluding carboxylic acids is 1. The number of nitrogens with zero attached hydrogens (tertiary/aromatic N) is 3. The van der Waals surface area contributed by atoms with Crippen molar-refractivity contribution in [3.8, 4) is 0 Å². The number of hydrogen-bond acceptors (Lipinski definition) is 3. The van der Waals surface area contributed by atoms with Gasteiger partial charge in [-0.3, -0.25) is 18.9 Å². The number of nitrogens with one attached hydrogen (secondary N) is 1. The highest BCUT2D eigenvalue weighted by Gasteiger charge is 2.14. The molecule has 1 N–H and O–H groups in total. The predicted molar refractivity (Wildman–Crippen MR) is 108 cm³/mol. The van der Waals surface area contributed by atoms with Crippen molar-refractivity contribution >= 4 is 22.6 Å². The number of aryl methyl sites for hydroxylation is 5. The number of benzene rings is 1. The fourth-order valence-corrected chi connectivity index (χ4v) is 3.56. The molecule has 0 aliphatic heterocycles. The molecule has 3 rings (SSSR count). The van der Waals surface area contributed by atoms with E-state index in [4.69, 9.17) is 0 Å². The molecule has 0 saturated carbocycles. The Bertz CT molecular complexity index is 1020. The van der Waals surface area contributed by atoms with Crippen molar-refractivity contribution in [3.05, 3.63) is 57.8 Å². The number of anilines is 1. The summed E-state index contributed by atoms with van der Waals surface area (Å²) in [6, 6.07) is 9.68. The quantitative estimate of drug-likeness (QED) is 0.725. The van der Waals surface area contributed by atoms with E-state index in [-0.39, 0.29) is 18.0 Å². The van der Waals surface area contributed by atoms with Crippen LogP contribution in [-0.4, -0.2) is 20.0 Å². The number of fused-ring (bicyclic) bond motifs is 1. The Kier molecular flexibility index (Phi) is 5.44. The molecule has 142 valence electrons. The Hall–Kier alpha value is -2.89. The molecular weight excluding hydrogens is 340 g/mol. The summed E-state index contributed by atoms with van der Waals surface area (Å²) < 4.78 is 3.48. The molecule has 0 atom stereocenters. The number of para-hydroxylation sites is 2. The molecule has 3 aromatic rings. The van der Waals surface area contributed by atoms with E-state index in [1.165, 1.54) is 0 Å². The molecule has 0 saturated heterocycles. The van der Waals surface area contributed by atoms with Crippen LogP contribution in [0.2, 0.25) is 0 Å². The van der Waals surface area contributed by atoms with Gasteiger partial charge in [-0.2, -0.15) is 0 Å². The number of pyridine rings is 1. The van der Waals surface area contributed by atoms with E-state index in [0.717, 1.165) is 40.1 Å². The third-order valence-electron chi connectivity index (χ3n) is 4.72. The van der Waals surface area contributed by atoms with Crippen molar-refractivity contribution in [3.63, 3.8) is 0 Å². The second kappa shape index (κ2) is 7.78. The van der Waals surface area contributed by atoms with E-state index >= 15 is 0 Å². The maximum Gasteiger partial charge on any atom is 0.329 e. The van der Waals surface area contributed by atoms with Crippen LogP contribution in [0.1, 0.15) is 36.7 Å². The fraction of sp³-hybridized carbons (Fsp3) is 0.381. The standard InChI is InChI=1S/C21H26N4O2/c1-5-11-24-17-8-6-7-9-18(17)25(21(24)27)12-10-19(26)23-20-14(2)13-15(3)22-16(20)4/h6-9,13H,5,10-12H2,1-4H3,(H,23,26). The topological polar surface area (TPSA) is 68.9 Å². The van der Waals surface area contributed by atoms with Crippen LogP contribution in [-0.2, 0) is 17.9 Å². The molecule has 27 heavy (non-hydrogen) atoms. The number of aromatic nitrogens is 3. The molecule has 0 unspecified atom stereocenters. The van der Waals surface area contributed by atoms with Crippen LogP contribution >= 0.6 is 0 Å². The van der Waals surface area contributed by atoms with E-state index in [9.17, 15) is 9.59 Å². The lowest BCUT2D eigenvalue weighted by Gasteiger charge is -2.12. The van der Waals surface area contributed by atoms with Crippen molar-refractivity contribution in [2.75, 3.05) is 5.32 Å². The minimum Gasteiger partial charge on any atom is -0.324 e. The van der Waals surface area contributed by atoms with Gasteiger partial charge in [0.2, 0.25) is 5.91 Å². The molecule has 1 amide bonds. The molecule has 2 aromatic heterocycles. The second-order valence-corrected chi connectivity index (χ2v) is 6.91. The van der Waals surface area contributed by atoms with E-state index in [1.807, 2.05) is 58.0 Å². The van der Waals surface area contributed by atoms with E-state index < -0.39 is 0 Å². The number of carbonyl (C=O) groups is 1. The van der Waals surface area contributed by atoms with Gasteiger partial charge in [0.15, 0.2) is 0 Å². The maximum atomic E-state index is 12.8. The number of rotatable bonds is 6. The number of imidazole rings is 1. The van der Waals surface area contributed by atoms with Crippen molar-refractivity contribution in [2.45, 2.75) is 53.6 Å². The number of hydrogen-bond donors (Lipinski definition) is 1. The minimum atomic E-state index is -0.119. The average molecular weight is 366 g/mol. The summed E-state index contributed by atoms with van der Waals surface area (Å²) in [7, 11) is 0. The molecule has 0 aliphatic rings. The van der Waals surface area contributed by atoms with Gasteiger partial charge in [0.25, 0.3) is 0 Å². The van der Waals surface area contributed by atoms with E-state index in [1.54, 1.807) is 9.13 Å². The molecule has 0 spiro atoms. The summed E-state index contributed by atoms with van der Waals surface area (Å²) in [4.78, 5) is 29.7. The lowest BCUT2D eigenvalue weighted by Crippen LogP contribution is -2.26. The summed E-state index contributed by atoms with van der Waals surface area (Å²) in [5.41, 5.74) is 5.20. The highest BCUT2D eigenvalue weighted by molar-refractivity contribution is 5.92. The van der Waals surface area contributed by atoms with Gasteiger partial charge < -0.3 is 5.32 Å². The SMILES string of the molecule is CCCn1c(=O)n(CCC(=O)Nc2c(C)cc(C)nc2C)c2ccccc21. The molecular formula is C21H26N4O2. The van der Waals surface area contributed by atoms with Crippen LogP contribution in [0, 0.1) is 20.8 Å². The fourth-order valence-electron chi connectivity index (χ4n) is 3.56. The van der Waals surface area contributed by atoms with Crippen LogP contribution < -0.4 is 11.0 Å². The maximum absolute atomic E-state index is 12.8. The van der Waals surface area contributed by atoms with E-state index in [0.29, 0.717) is 13.1 Å². The van der Waals surface area contributed by atoms with Crippen molar-refractivity contribution in [1.82, 2.24) is 14.1 Å². The summed E-state index contributed by atoms with van der Waals surface area (Å²) in [6.45, 7) is 8.85. The molecule has 0 fully saturated rings. The summed E-state index contributed by atoms with van der Waals surface area (Å²) in [5.74, 6) is -0.119. The lowest BCUT2D eigenvalue weighted by molar-refractivity contribution is -0.116. The normalized spacial score (nSPS) is 11.1. The lowest BCUT2D eigenvalue weighted by atomic mass is 10.1. The average Bonchev–Trinajstić information content (AvgIpc) is 2.88. The number of amides is 1. The Morgan fingerprint density at radius 2 is 1.70 bits per heavy atom. The highest BCUT2D eigenvalue weighted by atomic mass is 16.2. The Morgan fingerprint density at radius 1 is 1.07 bits per heavy atom. The molecule has 0 bridgehead atoms. The summed E-state index contributed by atoms with van der Waals surface area (Å²) in [6.07, 6.45) is 1.11. The van der Waals surface area contributed by atoms with Crippen molar-refractivity contribution in [1.29, 1.82) is 0 Å². The largest absolute Gasteiger partial charge is 0.329 e. The second-order valence-electron chi connectivity index (χ2n) is 6.91. The monoisotopic (exact) mass is 366 g/mol. The zero-order chi connectivity index (χ0) is 19.6. The summed E-state index contributed by atoms with van der Waals surface area (Å²) in [5, 5.41) is 2.95. The third kappa shape index (κ3) is 3.79. The molecule has 0 aliphatic carbocycles. The first-order chi connectivity index (χ1) is 12.9. The minimum absolute atomic E-state index is 0.0600. The molecule has 6 heteroatoms. The van der Waals surface area contributed by atoms with Gasteiger partial charge in [0, 0.05) is 25.2 Å². The van der Waals surface area contributed by atoms with Gasteiger partial charge in [-0.1, -0.05) is 19.1 Å².